The molecule has 1 atom stereocenters. The van der Waals surface area contributed by atoms with Crippen LogP contribution in [0.5, 0.6) is 0 Å². The van der Waals surface area contributed by atoms with Crippen LogP contribution in [-0.2, 0) is 4.79 Å². The molecule has 2 aromatic rings. The highest BCUT2D eigenvalue weighted by molar-refractivity contribution is 5.89. The third-order valence-corrected chi connectivity index (χ3v) is 4.46. The average Bonchev–Trinajstić information content (AvgIpc) is 3.17. The van der Waals surface area contributed by atoms with Crippen LogP contribution in [0.2, 0.25) is 0 Å². The van der Waals surface area contributed by atoms with Gasteiger partial charge in [-0.05, 0) is 31.5 Å². The van der Waals surface area contributed by atoms with Crippen LogP contribution >= 0.6 is 0 Å². The molecular weight excluding hydrogens is 334 g/mol. The summed E-state index contributed by atoms with van der Waals surface area (Å²) in [7, 11) is 0. The molecule has 0 aliphatic carbocycles. The van der Waals surface area contributed by atoms with Crippen LogP contribution in [0.25, 0.3) is 11.3 Å². The number of carbonyl (C=O) groups excluding carboxylic acids is 2. The van der Waals surface area contributed by atoms with Gasteiger partial charge in [-0.1, -0.05) is 12.1 Å². The van der Waals surface area contributed by atoms with Crippen molar-refractivity contribution in [2.45, 2.75) is 12.8 Å². The topological polar surface area (TPSA) is 113 Å². The van der Waals surface area contributed by atoms with Crippen molar-refractivity contribution in [3.05, 3.63) is 36.9 Å². The van der Waals surface area contributed by atoms with Gasteiger partial charge in [-0.15, -0.1) is 0 Å². The Labute approximate surface area is 151 Å². The minimum absolute atomic E-state index is 0.0867. The molecule has 1 saturated heterocycles. The van der Waals surface area contributed by atoms with E-state index in [4.69, 9.17) is 10.2 Å². The quantitative estimate of drug-likeness (QED) is 0.727. The molecule has 8 heteroatoms. The molecule has 0 bridgehead atoms. The van der Waals surface area contributed by atoms with Crippen LogP contribution in [0.1, 0.15) is 12.8 Å². The standard InChI is InChI=1S/C18H23N5O3/c19-17(24)14-4-2-7-23(11-14)8-6-21-18(25)22-15-5-1-3-13(9-15)16-10-20-12-26-16/h1,3,5,9-10,12,14H,2,4,6-8,11H2,(H2,19,24)(H2,21,22,25). The highest BCUT2D eigenvalue weighted by Crippen LogP contribution is 2.22. The Morgan fingerprint density at radius 3 is 3.04 bits per heavy atom. The molecule has 1 aliphatic rings. The Hall–Kier alpha value is -2.87. The predicted molar refractivity (Wildman–Crippen MR) is 97.3 cm³/mol. The summed E-state index contributed by atoms with van der Waals surface area (Å²) in [5, 5.41) is 5.64. The van der Waals surface area contributed by atoms with Crippen molar-refractivity contribution in [1.82, 2.24) is 15.2 Å². The molecule has 0 radical (unpaired) electrons. The first-order valence-electron chi connectivity index (χ1n) is 8.67. The maximum atomic E-state index is 12.1. The molecule has 4 N–H and O–H groups in total. The van der Waals surface area contributed by atoms with Crippen molar-refractivity contribution in [1.29, 1.82) is 0 Å². The number of primary amides is 1. The number of hydrogen-bond donors (Lipinski definition) is 3. The predicted octanol–water partition coefficient (Wildman–Crippen LogP) is 1.66. The lowest BCUT2D eigenvalue weighted by molar-refractivity contribution is -0.123. The number of nitrogens with zero attached hydrogens (tertiary/aromatic N) is 2. The normalized spacial score (nSPS) is 17.6. The van der Waals surface area contributed by atoms with Gasteiger partial charge in [-0.3, -0.25) is 4.79 Å². The Morgan fingerprint density at radius 2 is 2.27 bits per heavy atom. The van der Waals surface area contributed by atoms with Crippen LogP contribution < -0.4 is 16.4 Å². The number of rotatable bonds is 6. The van der Waals surface area contributed by atoms with Crippen molar-refractivity contribution in [3.63, 3.8) is 0 Å². The van der Waals surface area contributed by atoms with Gasteiger partial charge in [0.05, 0.1) is 12.1 Å². The second kappa shape index (κ2) is 8.48. The van der Waals surface area contributed by atoms with E-state index in [0.717, 1.165) is 24.9 Å². The summed E-state index contributed by atoms with van der Waals surface area (Å²) in [6.45, 7) is 2.78. The van der Waals surface area contributed by atoms with E-state index in [1.807, 2.05) is 24.3 Å². The molecule has 1 unspecified atom stereocenters. The number of benzene rings is 1. The van der Waals surface area contributed by atoms with Crippen LogP contribution in [0.3, 0.4) is 0 Å². The first-order chi connectivity index (χ1) is 12.6. The Kier molecular flexibility index (Phi) is 5.85. The van der Waals surface area contributed by atoms with Crippen molar-refractivity contribution in [2.75, 3.05) is 31.5 Å². The van der Waals surface area contributed by atoms with Gasteiger partial charge < -0.3 is 25.7 Å². The SMILES string of the molecule is NC(=O)C1CCCN(CCNC(=O)Nc2cccc(-c3cnco3)c2)C1. The maximum absolute atomic E-state index is 12.1. The molecule has 0 spiro atoms. The number of piperidine rings is 1. The second-order valence-electron chi connectivity index (χ2n) is 6.37. The van der Waals surface area contributed by atoms with E-state index in [2.05, 4.69) is 20.5 Å². The van der Waals surface area contributed by atoms with Gasteiger partial charge in [0.2, 0.25) is 5.91 Å². The first-order valence-corrected chi connectivity index (χ1v) is 8.67. The van der Waals surface area contributed by atoms with Crippen LogP contribution in [-0.4, -0.2) is 48.0 Å². The summed E-state index contributed by atoms with van der Waals surface area (Å²) < 4.78 is 5.26. The fourth-order valence-electron chi connectivity index (χ4n) is 3.10. The lowest BCUT2D eigenvalue weighted by Crippen LogP contribution is -2.44. The van der Waals surface area contributed by atoms with Gasteiger partial charge in [0.25, 0.3) is 0 Å². The van der Waals surface area contributed by atoms with E-state index < -0.39 is 0 Å². The van der Waals surface area contributed by atoms with Gasteiger partial charge >= 0.3 is 6.03 Å². The van der Waals surface area contributed by atoms with E-state index >= 15 is 0 Å². The highest BCUT2D eigenvalue weighted by atomic mass is 16.3. The van der Waals surface area contributed by atoms with Crippen molar-refractivity contribution in [2.24, 2.45) is 11.7 Å². The average molecular weight is 357 g/mol. The molecule has 3 rings (SSSR count). The zero-order valence-electron chi connectivity index (χ0n) is 14.5. The highest BCUT2D eigenvalue weighted by Gasteiger charge is 2.23. The smallest absolute Gasteiger partial charge is 0.319 e. The molecule has 1 aromatic carbocycles. The molecule has 3 amide bonds. The molecule has 26 heavy (non-hydrogen) atoms. The molecule has 1 fully saturated rings. The number of urea groups is 1. The van der Waals surface area contributed by atoms with Crippen molar-refractivity contribution >= 4 is 17.6 Å². The minimum atomic E-state index is -0.275. The van der Waals surface area contributed by atoms with Crippen molar-refractivity contribution < 1.29 is 14.0 Å². The summed E-state index contributed by atoms with van der Waals surface area (Å²) >= 11 is 0. The summed E-state index contributed by atoms with van der Waals surface area (Å²) in [4.78, 5) is 29.4. The molecule has 1 aliphatic heterocycles. The van der Waals surface area contributed by atoms with Crippen LogP contribution in [0.4, 0.5) is 10.5 Å². The van der Waals surface area contributed by atoms with Crippen LogP contribution in [0, 0.1) is 5.92 Å². The third-order valence-electron chi connectivity index (χ3n) is 4.46. The number of anilines is 1. The zero-order chi connectivity index (χ0) is 18.4. The third kappa shape index (κ3) is 4.82. The van der Waals surface area contributed by atoms with E-state index in [1.165, 1.54) is 6.39 Å². The number of aromatic nitrogens is 1. The number of oxazole rings is 1. The van der Waals surface area contributed by atoms with Gasteiger partial charge in [0.15, 0.2) is 12.2 Å². The molecule has 2 heterocycles. The minimum Gasteiger partial charge on any atom is -0.444 e. The van der Waals surface area contributed by atoms with E-state index in [9.17, 15) is 9.59 Å². The van der Waals surface area contributed by atoms with Crippen molar-refractivity contribution in [3.8, 4) is 11.3 Å². The first kappa shape index (κ1) is 17.9. The Morgan fingerprint density at radius 1 is 1.38 bits per heavy atom. The molecule has 8 nitrogen and oxygen atoms in total. The summed E-state index contributed by atoms with van der Waals surface area (Å²) in [5.41, 5.74) is 6.89. The Bertz CT molecular complexity index is 747. The van der Waals surface area contributed by atoms with E-state index in [-0.39, 0.29) is 17.9 Å². The van der Waals surface area contributed by atoms with Gasteiger partial charge in [-0.2, -0.15) is 0 Å². The number of amides is 3. The van der Waals surface area contributed by atoms with E-state index in [1.54, 1.807) is 6.20 Å². The lowest BCUT2D eigenvalue weighted by Gasteiger charge is -2.31. The number of carbonyl (C=O) groups is 2. The number of likely N-dealkylation sites (tertiary alicyclic amines) is 1. The lowest BCUT2D eigenvalue weighted by atomic mass is 9.97. The van der Waals surface area contributed by atoms with Gasteiger partial charge in [0.1, 0.15) is 0 Å². The number of nitrogens with one attached hydrogen (secondary N) is 2. The van der Waals surface area contributed by atoms with E-state index in [0.29, 0.717) is 31.1 Å². The largest absolute Gasteiger partial charge is 0.444 e. The van der Waals surface area contributed by atoms with Gasteiger partial charge in [-0.25, -0.2) is 9.78 Å². The molecule has 1 aromatic heterocycles. The summed E-state index contributed by atoms with van der Waals surface area (Å²) in [5.74, 6) is 0.312. The molecule has 0 saturated carbocycles. The number of nitrogens with two attached hydrogens (primary N) is 1. The monoisotopic (exact) mass is 357 g/mol. The fraction of sp³-hybridized carbons (Fsp3) is 0.389. The maximum Gasteiger partial charge on any atom is 0.319 e. The zero-order valence-corrected chi connectivity index (χ0v) is 14.5. The fourth-order valence-corrected chi connectivity index (χ4v) is 3.10. The Balaban J connectivity index is 1.44. The summed E-state index contributed by atoms with van der Waals surface area (Å²) in [6, 6.07) is 7.08. The second-order valence-corrected chi connectivity index (χ2v) is 6.37. The molecule has 138 valence electrons. The van der Waals surface area contributed by atoms with Crippen LogP contribution in [0.15, 0.2) is 41.3 Å². The van der Waals surface area contributed by atoms with Gasteiger partial charge in [0, 0.05) is 30.9 Å². The summed E-state index contributed by atoms with van der Waals surface area (Å²) in [6.07, 6.45) is 4.79. The molecular formula is C18H23N5O3. The number of hydrogen-bond acceptors (Lipinski definition) is 5.